The molecule has 16 heavy (non-hydrogen) atoms. The van der Waals surface area contributed by atoms with Crippen molar-refractivity contribution in [3.63, 3.8) is 0 Å². The van der Waals surface area contributed by atoms with Crippen molar-refractivity contribution in [3.8, 4) is 0 Å². The highest BCUT2D eigenvalue weighted by atomic mass is 16.3. The first-order valence-corrected chi connectivity index (χ1v) is 5.52. The predicted octanol–water partition coefficient (Wildman–Crippen LogP) is -0.391. The van der Waals surface area contributed by atoms with Gasteiger partial charge in [0, 0.05) is 0 Å². The standard InChI is InChI=1S/C11H24N2O3/c1-5-11(6-14,7-15)13-9(16)8(12)10(2,3)4/h8,14-15H,5-7,12H2,1-4H3,(H,13,16)/t8-/m0/s1. The Balaban J connectivity index is 4.65. The number of nitrogens with two attached hydrogens (primary N) is 1. The van der Waals surface area contributed by atoms with Crippen LogP contribution in [0.15, 0.2) is 0 Å². The molecule has 0 heterocycles. The molecule has 5 N–H and O–H groups in total. The van der Waals surface area contributed by atoms with Crippen LogP contribution in [0.3, 0.4) is 0 Å². The van der Waals surface area contributed by atoms with E-state index >= 15 is 0 Å². The number of aliphatic hydroxyl groups is 2. The van der Waals surface area contributed by atoms with E-state index in [2.05, 4.69) is 5.32 Å². The average molecular weight is 232 g/mol. The summed E-state index contributed by atoms with van der Waals surface area (Å²) in [5.74, 6) is -0.350. The monoisotopic (exact) mass is 232 g/mol. The van der Waals surface area contributed by atoms with Gasteiger partial charge in [-0.25, -0.2) is 0 Å². The second-order valence-corrected chi connectivity index (χ2v) is 5.28. The zero-order valence-electron chi connectivity index (χ0n) is 10.6. The summed E-state index contributed by atoms with van der Waals surface area (Å²) < 4.78 is 0. The van der Waals surface area contributed by atoms with Crippen molar-refractivity contribution in [3.05, 3.63) is 0 Å². The Morgan fingerprint density at radius 1 is 1.31 bits per heavy atom. The number of hydrogen-bond donors (Lipinski definition) is 4. The van der Waals surface area contributed by atoms with Crippen LogP contribution in [0.2, 0.25) is 0 Å². The van der Waals surface area contributed by atoms with Crippen molar-refractivity contribution in [1.29, 1.82) is 0 Å². The van der Waals surface area contributed by atoms with Gasteiger partial charge in [-0.3, -0.25) is 4.79 Å². The van der Waals surface area contributed by atoms with E-state index in [0.29, 0.717) is 6.42 Å². The zero-order valence-corrected chi connectivity index (χ0v) is 10.6. The highest BCUT2D eigenvalue weighted by Crippen LogP contribution is 2.18. The number of amides is 1. The van der Waals surface area contributed by atoms with E-state index in [-0.39, 0.29) is 24.5 Å². The second kappa shape index (κ2) is 5.61. The molecule has 0 saturated carbocycles. The summed E-state index contributed by atoms with van der Waals surface area (Å²) >= 11 is 0. The number of carbonyl (C=O) groups is 1. The minimum absolute atomic E-state index is 0.303. The van der Waals surface area contributed by atoms with Crippen LogP contribution in [0.4, 0.5) is 0 Å². The normalized spacial score (nSPS) is 14.7. The van der Waals surface area contributed by atoms with E-state index < -0.39 is 11.6 Å². The molecule has 0 aromatic rings. The first-order valence-electron chi connectivity index (χ1n) is 5.52. The summed E-state index contributed by atoms with van der Waals surface area (Å²) in [5.41, 5.74) is 4.47. The van der Waals surface area contributed by atoms with Crippen molar-refractivity contribution in [2.75, 3.05) is 13.2 Å². The van der Waals surface area contributed by atoms with Crippen molar-refractivity contribution in [2.24, 2.45) is 11.1 Å². The quantitative estimate of drug-likeness (QED) is 0.519. The lowest BCUT2D eigenvalue weighted by Crippen LogP contribution is -2.60. The van der Waals surface area contributed by atoms with Gasteiger partial charge in [0.15, 0.2) is 0 Å². The van der Waals surface area contributed by atoms with Gasteiger partial charge in [-0.1, -0.05) is 27.7 Å². The fraction of sp³-hybridized carbons (Fsp3) is 0.909. The van der Waals surface area contributed by atoms with Crippen LogP contribution in [0.5, 0.6) is 0 Å². The van der Waals surface area contributed by atoms with E-state index in [1.54, 1.807) is 6.92 Å². The van der Waals surface area contributed by atoms with Crippen LogP contribution < -0.4 is 11.1 Å². The number of aliphatic hydroxyl groups excluding tert-OH is 2. The minimum atomic E-state index is -0.972. The fourth-order valence-corrected chi connectivity index (χ4v) is 1.17. The molecule has 1 atom stereocenters. The fourth-order valence-electron chi connectivity index (χ4n) is 1.17. The molecule has 5 heteroatoms. The van der Waals surface area contributed by atoms with Gasteiger partial charge in [0.25, 0.3) is 0 Å². The van der Waals surface area contributed by atoms with Crippen LogP contribution in [0, 0.1) is 5.41 Å². The van der Waals surface area contributed by atoms with Gasteiger partial charge in [-0.05, 0) is 11.8 Å². The average Bonchev–Trinajstić information content (AvgIpc) is 2.23. The molecule has 0 aliphatic rings. The lowest BCUT2D eigenvalue weighted by molar-refractivity contribution is -0.128. The van der Waals surface area contributed by atoms with E-state index in [0.717, 1.165) is 0 Å². The molecule has 1 amide bonds. The van der Waals surface area contributed by atoms with Crippen molar-refractivity contribution in [1.82, 2.24) is 5.32 Å². The molecule has 0 bridgehead atoms. The Labute approximate surface area is 97.0 Å². The summed E-state index contributed by atoms with van der Waals surface area (Å²) in [6.07, 6.45) is 0.447. The van der Waals surface area contributed by atoms with Gasteiger partial charge < -0.3 is 21.3 Å². The first-order chi connectivity index (χ1) is 7.22. The number of hydrogen-bond acceptors (Lipinski definition) is 4. The topological polar surface area (TPSA) is 95.6 Å². The summed E-state index contributed by atoms with van der Waals surface area (Å²) in [5, 5.41) is 21.0. The maximum atomic E-state index is 11.8. The Kier molecular flexibility index (Phi) is 5.38. The van der Waals surface area contributed by atoms with Crippen molar-refractivity contribution >= 4 is 5.91 Å². The summed E-state index contributed by atoms with van der Waals surface area (Å²) in [4.78, 5) is 11.8. The molecule has 0 fully saturated rings. The third-order valence-electron chi connectivity index (χ3n) is 2.89. The number of nitrogens with one attached hydrogen (secondary N) is 1. The largest absolute Gasteiger partial charge is 0.394 e. The van der Waals surface area contributed by atoms with Crippen LogP contribution in [-0.2, 0) is 4.79 Å². The Hall–Kier alpha value is -0.650. The van der Waals surface area contributed by atoms with Crippen LogP contribution in [0.1, 0.15) is 34.1 Å². The molecule has 0 spiro atoms. The van der Waals surface area contributed by atoms with Crippen molar-refractivity contribution < 1.29 is 15.0 Å². The van der Waals surface area contributed by atoms with Gasteiger partial charge in [-0.2, -0.15) is 0 Å². The van der Waals surface area contributed by atoms with Gasteiger partial charge >= 0.3 is 0 Å². The van der Waals surface area contributed by atoms with E-state index in [9.17, 15) is 15.0 Å². The molecule has 0 unspecified atom stereocenters. The Morgan fingerprint density at radius 3 is 2.00 bits per heavy atom. The molecule has 0 aliphatic carbocycles. The van der Waals surface area contributed by atoms with Crippen LogP contribution >= 0.6 is 0 Å². The molecule has 96 valence electrons. The van der Waals surface area contributed by atoms with Gasteiger partial charge in [0.05, 0.1) is 24.8 Å². The lowest BCUT2D eigenvalue weighted by Gasteiger charge is -2.34. The molecule has 5 nitrogen and oxygen atoms in total. The molecule has 0 aromatic heterocycles. The first kappa shape index (κ1) is 15.3. The molecular formula is C11H24N2O3. The summed E-state index contributed by atoms with van der Waals surface area (Å²) in [6.45, 7) is 6.77. The van der Waals surface area contributed by atoms with Gasteiger partial charge in [0.2, 0.25) is 5.91 Å². The smallest absolute Gasteiger partial charge is 0.238 e. The SMILES string of the molecule is CCC(CO)(CO)NC(=O)[C@H](N)C(C)(C)C. The van der Waals surface area contributed by atoms with E-state index in [1.165, 1.54) is 0 Å². The van der Waals surface area contributed by atoms with Gasteiger partial charge in [0.1, 0.15) is 0 Å². The Morgan fingerprint density at radius 2 is 1.75 bits per heavy atom. The summed E-state index contributed by atoms with van der Waals surface area (Å²) in [6, 6.07) is -0.670. The molecule has 0 aliphatic heterocycles. The lowest BCUT2D eigenvalue weighted by atomic mass is 9.86. The number of carbonyl (C=O) groups excluding carboxylic acids is 1. The van der Waals surface area contributed by atoms with E-state index in [4.69, 9.17) is 5.73 Å². The van der Waals surface area contributed by atoms with Crippen LogP contribution in [0.25, 0.3) is 0 Å². The molecule has 0 rings (SSSR count). The van der Waals surface area contributed by atoms with Gasteiger partial charge in [-0.15, -0.1) is 0 Å². The van der Waals surface area contributed by atoms with Crippen molar-refractivity contribution in [2.45, 2.75) is 45.7 Å². The predicted molar refractivity (Wildman–Crippen MR) is 62.8 cm³/mol. The summed E-state index contributed by atoms with van der Waals surface area (Å²) in [7, 11) is 0. The molecular weight excluding hydrogens is 208 g/mol. The van der Waals surface area contributed by atoms with E-state index in [1.807, 2.05) is 20.8 Å². The highest BCUT2D eigenvalue weighted by molar-refractivity contribution is 5.83. The molecule has 0 saturated heterocycles. The highest BCUT2D eigenvalue weighted by Gasteiger charge is 2.34. The number of rotatable bonds is 5. The molecule has 0 radical (unpaired) electrons. The third-order valence-corrected chi connectivity index (χ3v) is 2.89. The zero-order chi connectivity index (χ0) is 13.0. The minimum Gasteiger partial charge on any atom is -0.394 e. The van der Waals surface area contributed by atoms with Crippen LogP contribution in [-0.4, -0.2) is 40.9 Å². The second-order valence-electron chi connectivity index (χ2n) is 5.28. The molecule has 0 aromatic carbocycles. The maximum absolute atomic E-state index is 11.8. The maximum Gasteiger partial charge on any atom is 0.238 e. The third kappa shape index (κ3) is 3.73. The Bertz CT molecular complexity index is 224.